The van der Waals surface area contributed by atoms with Crippen LogP contribution in [0.3, 0.4) is 0 Å². The number of para-hydroxylation sites is 1. The van der Waals surface area contributed by atoms with Crippen LogP contribution in [0.1, 0.15) is 21.5 Å². The van der Waals surface area contributed by atoms with Crippen molar-refractivity contribution in [3.8, 4) is 11.5 Å². The van der Waals surface area contributed by atoms with Crippen molar-refractivity contribution in [2.75, 3.05) is 13.7 Å². The molecule has 0 aliphatic rings. The van der Waals surface area contributed by atoms with Crippen molar-refractivity contribution < 1.29 is 18.7 Å². The molecule has 0 bridgehead atoms. The number of halogens is 1. The van der Waals surface area contributed by atoms with E-state index in [9.17, 15) is 9.18 Å². The van der Waals surface area contributed by atoms with E-state index in [0.717, 1.165) is 17.2 Å². The van der Waals surface area contributed by atoms with Crippen LogP contribution in [0.5, 0.6) is 11.5 Å². The number of carbonyl (C=O) groups excluding carboxylic acids is 1. The molecule has 0 unspecified atom stereocenters. The summed E-state index contributed by atoms with van der Waals surface area (Å²) in [5.74, 6) is -0.0309. The largest absolute Gasteiger partial charge is 0.494 e. The number of aryl methyl sites for hydroxylation is 2. The van der Waals surface area contributed by atoms with Crippen molar-refractivity contribution in [1.82, 2.24) is 0 Å². The van der Waals surface area contributed by atoms with Crippen molar-refractivity contribution in [2.24, 2.45) is 0 Å². The summed E-state index contributed by atoms with van der Waals surface area (Å²) in [5, 5.41) is 0. The lowest BCUT2D eigenvalue weighted by Crippen LogP contribution is -2.13. The third-order valence-corrected chi connectivity index (χ3v) is 3.23. The van der Waals surface area contributed by atoms with E-state index >= 15 is 0 Å². The van der Waals surface area contributed by atoms with Crippen LogP contribution >= 0.6 is 0 Å². The zero-order valence-electron chi connectivity index (χ0n) is 12.3. The second kappa shape index (κ2) is 6.39. The molecule has 2 rings (SSSR count). The Labute approximate surface area is 123 Å². The first kappa shape index (κ1) is 15.0. The van der Waals surface area contributed by atoms with Gasteiger partial charge in [-0.1, -0.05) is 18.2 Å². The first-order chi connectivity index (χ1) is 10.0. The van der Waals surface area contributed by atoms with Crippen LogP contribution in [0.15, 0.2) is 36.4 Å². The lowest BCUT2D eigenvalue weighted by atomic mass is 10.1. The number of benzene rings is 2. The summed E-state index contributed by atoms with van der Waals surface area (Å²) in [5.41, 5.74) is 2.19. The van der Waals surface area contributed by atoms with Gasteiger partial charge in [-0.15, -0.1) is 0 Å². The van der Waals surface area contributed by atoms with Gasteiger partial charge in [-0.05, 0) is 43.2 Å². The van der Waals surface area contributed by atoms with Crippen molar-refractivity contribution in [1.29, 1.82) is 0 Å². The molecule has 0 fully saturated rings. The Morgan fingerprint density at radius 2 is 1.81 bits per heavy atom. The molecule has 21 heavy (non-hydrogen) atoms. The van der Waals surface area contributed by atoms with Crippen LogP contribution in [-0.2, 0) is 0 Å². The molecule has 0 N–H and O–H groups in total. The Kier molecular flexibility index (Phi) is 4.58. The fourth-order valence-electron chi connectivity index (χ4n) is 2.09. The minimum Gasteiger partial charge on any atom is -0.494 e. The molecule has 110 valence electrons. The van der Waals surface area contributed by atoms with E-state index in [-0.39, 0.29) is 23.7 Å². The number of rotatable bonds is 5. The minimum atomic E-state index is -0.560. The van der Waals surface area contributed by atoms with Crippen LogP contribution in [0.2, 0.25) is 0 Å². The zero-order chi connectivity index (χ0) is 15.4. The van der Waals surface area contributed by atoms with Gasteiger partial charge in [-0.3, -0.25) is 4.79 Å². The van der Waals surface area contributed by atoms with E-state index in [1.807, 2.05) is 32.0 Å². The predicted octanol–water partition coefficient (Wildman–Crippen LogP) is 3.71. The molecule has 0 amide bonds. The molecule has 2 aromatic rings. The first-order valence-electron chi connectivity index (χ1n) is 6.58. The lowest BCUT2D eigenvalue weighted by Gasteiger charge is -2.11. The molecular formula is C17H17FO3. The molecule has 0 aliphatic carbocycles. The van der Waals surface area contributed by atoms with Gasteiger partial charge in [0.05, 0.1) is 7.11 Å². The van der Waals surface area contributed by atoms with Gasteiger partial charge in [0.2, 0.25) is 0 Å². The molecule has 2 aromatic carbocycles. The van der Waals surface area contributed by atoms with Gasteiger partial charge in [-0.2, -0.15) is 0 Å². The number of carbonyl (C=O) groups is 1. The van der Waals surface area contributed by atoms with Crippen LogP contribution < -0.4 is 9.47 Å². The number of hydrogen-bond donors (Lipinski definition) is 0. The van der Waals surface area contributed by atoms with Crippen LogP contribution in [0.25, 0.3) is 0 Å². The molecule has 0 saturated carbocycles. The quantitative estimate of drug-likeness (QED) is 0.787. The average Bonchev–Trinajstić information content (AvgIpc) is 2.46. The Bertz CT molecular complexity index is 645. The Balaban J connectivity index is 2.10. The molecule has 0 atom stereocenters. The SMILES string of the molecule is COc1ccc(C(=O)COc2c(C)cccc2C)cc1F. The van der Waals surface area contributed by atoms with Gasteiger partial charge >= 0.3 is 0 Å². The Morgan fingerprint density at radius 3 is 2.38 bits per heavy atom. The van der Waals surface area contributed by atoms with E-state index < -0.39 is 5.82 Å². The third-order valence-electron chi connectivity index (χ3n) is 3.23. The molecule has 0 heterocycles. The fourth-order valence-corrected chi connectivity index (χ4v) is 2.09. The standard InChI is InChI=1S/C17H17FO3/c1-11-5-4-6-12(2)17(11)21-10-15(19)13-7-8-16(20-3)14(18)9-13/h4-9H,10H2,1-3H3. The summed E-state index contributed by atoms with van der Waals surface area (Å²) in [7, 11) is 1.38. The Hall–Kier alpha value is -2.36. The number of ketones is 1. The van der Waals surface area contributed by atoms with Crippen LogP contribution in [0, 0.1) is 19.7 Å². The lowest BCUT2D eigenvalue weighted by molar-refractivity contribution is 0.0920. The highest BCUT2D eigenvalue weighted by Gasteiger charge is 2.12. The Morgan fingerprint density at radius 1 is 1.14 bits per heavy atom. The topological polar surface area (TPSA) is 35.5 Å². The molecule has 3 nitrogen and oxygen atoms in total. The summed E-state index contributed by atoms with van der Waals surface area (Å²) in [6.07, 6.45) is 0. The van der Waals surface area contributed by atoms with Gasteiger partial charge in [-0.25, -0.2) is 4.39 Å². The van der Waals surface area contributed by atoms with E-state index in [1.165, 1.54) is 19.2 Å². The molecule has 0 spiro atoms. The van der Waals surface area contributed by atoms with Crippen LogP contribution in [-0.4, -0.2) is 19.5 Å². The second-order valence-corrected chi connectivity index (χ2v) is 4.78. The molecule has 0 saturated heterocycles. The second-order valence-electron chi connectivity index (χ2n) is 4.78. The number of hydrogen-bond acceptors (Lipinski definition) is 3. The first-order valence-corrected chi connectivity index (χ1v) is 6.58. The van der Waals surface area contributed by atoms with E-state index in [0.29, 0.717) is 5.75 Å². The van der Waals surface area contributed by atoms with E-state index in [2.05, 4.69) is 0 Å². The average molecular weight is 288 g/mol. The third kappa shape index (κ3) is 3.40. The van der Waals surface area contributed by atoms with Crippen molar-refractivity contribution in [3.63, 3.8) is 0 Å². The van der Waals surface area contributed by atoms with Gasteiger partial charge in [0.1, 0.15) is 5.75 Å². The predicted molar refractivity (Wildman–Crippen MR) is 78.7 cm³/mol. The maximum Gasteiger partial charge on any atom is 0.200 e. The highest BCUT2D eigenvalue weighted by atomic mass is 19.1. The summed E-state index contributed by atoms with van der Waals surface area (Å²) in [4.78, 5) is 12.1. The van der Waals surface area contributed by atoms with Crippen LogP contribution in [0.4, 0.5) is 4.39 Å². The summed E-state index contributed by atoms with van der Waals surface area (Å²) in [6, 6.07) is 9.88. The smallest absolute Gasteiger partial charge is 0.200 e. The summed E-state index contributed by atoms with van der Waals surface area (Å²) < 4.78 is 24.0. The highest BCUT2D eigenvalue weighted by molar-refractivity contribution is 5.97. The van der Waals surface area contributed by atoms with Crippen molar-refractivity contribution in [2.45, 2.75) is 13.8 Å². The summed E-state index contributed by atoms with van der Waals surface area (Å²) in [6.45, 7) is 3.71. The summed E-state index contributed by atoms with van der Waals surface area (Å²) >= 11 is 0. The molecule has 0 aliphatic heterocycles. The highest BCUT2D eigenvalue weighted by Crippen LogP contribution is 2.23. The normalized spacial score (nSPS) is 10.3. The molecule has 0 radical (unpaired) electrons. The van der Waals surface area contributed by atoms with Crippen molar-refractivity contribution in [3.05, 3.63) is 58.9 Å². The zero-order valence-corrected chi connectivity index (χ0v) is 12.3. The van der Waals surface area contributed by atoms with E-state index in [1.54, 1.807) is 0 Å². The molecule has 4 heteroatoms. The number of ether oxygens (including phenoxy) is 2. The molecule has 0 aromatic heterocycles. The number of methoxy groups -OCH3 is 1. The van der Waals surface area contributed by atoms with E-state index in [4.69, 9.17) is 9.47 Å². The maximum absolute atomic E-state index is 13.6. The monoisotopic (exact) mass is 288 g/mol. The molecular weight excluding hydrogens is 271 g/mol. The van der Waals surface area contributed by atoms with Gasteiger partial charge < -0.3 is 9.47 Å². The maximum atomic E-state index is 13.6. The fraction of sp³-hybridized carbons (Fsp3) is 0.235. The van der Waals surface area contributed by atoms with Gasteiger partial charge in [0, 0.05) is 5.56 Å². The minimum absolute atomic E-state index is 0.113. The number of Topliss-reactive ketones (excluding diaryl/α,β-unsaturated/α-hetero) is 1. The van der Waals surface area contributed by atoms with Gasteiger partial charge in [0.25, 0.3) is 0 Å². The van der Waals surface area contributed by atoms with Gasteiger partial charge in [0.15, 0.2) is 24.0 Å². The van der Waals surface area contributed by atoms with Crippen molar-refractivity contribution >= 4 is 5.78 Å².